The van der Waals surface area contributed by atoms with E-state index >= 15 is 0 Å². The second kappa shape index (κ2) is 5.93. The summed E-state index contributed by atoms with van der Waals surface area (Å²) in [4.78, 5) is 14.4. The van der Waals surface area contributed by atoms with Crippen molar-refractivity contribution in [1.29, 1.82) is 0 Å². The number of methoxy groups -OCH3 is 2. The zero-order chi connectivity index (χ0) is 13.8. The molecule has 1 saturated carbocycles. The van der Waals surface area contributed by atoms with Gasteiger partial charge in [-0.3, -0.25) is 4.79 Å². The molecule has 0 bridgehead atoms. The molecule has 1 aromatic carbocycles. The maximum atomic E-state index is 12.6. The lowest BCUT2D eigenvalue weighted by Gasteiger charge is -2.23. The third-order valence-electron chi connectivity index (χ3n) is 3.26. The number of hydrogen-bond donors (Lipinski definition) is 1. The Bertz CT molecular complexity index is 458. The average Bonchev–Trinajstić information content (AvgIpc) is 3.27. The van der Waals surface area contributed by atoms with E-state index in [2.05, 4.69) is 0 Å². The summed E-state index contributed by atoms with van der Waals surface area (Å²) in [5.41, 5.74) is 6.12. The molecule has 1 aliphatic rings. The summed E-state index contributed by atoms with van der Waals surface area (Å²) >= 11 is 0. The van der Waals surface area contributed by atoms with Crippen LogP contribution in [0.3, 0.4) is 0 Å². The van der Waals surface area contributed by atoms with Gasteiger partial charge in [0.25, 0.3) is 5.91 Å². The number of benzene rings is 1. The zero-order valence-corrected chi connectivity index (χ0v) is 11.4. The van der Waals surface area contributed by atoms with Crippen LogP contribution < -0.4 is 15.2 Å². The molecular weight excluding hydrogens is 244 g/mol. The molecule has 0 atom stereocenters. The summed E-state index contributed by atoms with van der Waals surface area (Å²) in [6, 6.07) is 5.57. The van der Waals surface area contributed by atoms with Crippen molar-refractivity contribution >= 4 is 5.91 Å². The van der Waals surface area contributed by atoms with Crippen molar-refractivity contribution in [1.82, 2.24) is 4.90 Å². The fourth-order valence-electron chi connectivity index (χ4n) is 2.11. The Labute approximate surface area is 113 Å². The van der Waals surface area contributed by atoms with Gasteiger partial charge < -0.3 is 20.1 Å². The van der Waals surface area contributed by atoms with Gasteiger partial charge in [-0.05, 0) is 31.0 Å². The molecule has 0 spiro atoms. The van der Waals surface area contributed by atoms with E-state index in [9.17, 15) is 4.79 Å². The van der Waals surface area contributed by atoms with Crippen LogP contribution >= 0.6 is 0 Å². The first-order chi connectivity index (χ1) is 9.21. The van der Waals surface area contributed by atoms with Crippen LogP contribution in [0, 0.1) is 0 Å². The number of nitrogens with zero attached hydrogens (tertiary/aromatic N) is 1. The van der Waals surface area contributed by atoms with Gasteiger partial charge in [-0.1, -0.05) is 0 Å². The Morgan fingerprint density at radius 3 is 2.63 bits per heavy atom. The molecule has 0 aromatic heterocycles. The van der Waals surface area contributed by atoms with E-state index in [4.69, 9.17) is 15.2 Å². The topological polar surface area (TPSA) is 64.8 Å². The van der Waals surface area contributed by atoms with Crippen LogP contribution in [0.15, 0.2) is 18.2 Å². The van der Waals surface area contributed by atoms with Gasteiger partial charge in [0.2, 0.25) is 0 Å². The molecule has 1 aliphatic carbocycles. The molecule has 1 amide bonds. The summed E-state index contributed by atoms with van der Waals surface area (Å²) in [5.74, 6) is 1.17. The molecule has 5 nitrogen and oxygen atoms in total. The molecule has 104 valence electrons. The highest BCUT2D eigenvalue weighted by atomic mass is 16.5. The van der Waals surface area contributed by atoms with Crippen LogP contribution in [0.1, 0.15) is 23.2 Å². The first-order valence-electron chi connectivity index (χ1n) is 6.44. The lowest BCUT2D eigenvalue weighted by atomic mass is 10.1. The van der Waals surface area contributed by atoms with Crippen LogP contribution in [-0.4, -0.2) is 44.2 Å². The van der Waals surface area contributed by atoms with Crippen molar-refractivity contribution in [3.05, 3.63) is 23.8 Å². The van der Waals surface area contributed by atoms with Gasteiger partial charge in [0.1, 0.15) is 11.5 Å². The van der Waals surface area contributed by atoms with Crippen molar-refractivity contribution < 1.29 is 14.3 Å². The van der Waals surface area contributed by atoms with E-state index in [0.717, 1.165) is 12.8 Å². The maximum Gasteiger partial charge on any atom is 0.258 e. The Morgan fingerprint density at radius 1 is 1.37 bits per heavy atom. The molecule has 1 fully saturated rings. The van der Waals surface area contributed by atoms with E-state index in [1.54, 1.807) is 32.4 Å². The SMILES string of the molecule is COc1ccc(OC)c(C(=O)N(CCN)C2CC2)c1. The van der Waals surface area contributed by atoms with Crippen LogP contribution in [0.4, 0.5) is 0 Å². The average molecular weight is 264 g/mol. The smallest absolute Gasteiger partial charge is 0.258 e. The zero-order valence-electron chi connectivity index (χ0n) is 11.4. The van der Waals surface area contributed by atoms with Crippen molar-refractivity contribution in [2.75, 3.05) is 27.3 Å². The molecule has 19 heavy (non-hydrogen) atoms. The normalized spacial score (nSPS) is 14.1. The quantitative estimate of drug-likeness (QED) is 0.840. The van der Waals surface area contributed by atoms with E-state index < -0.39 is 0 Å². The van der Waals surface area contributed by atoms with Gasteiger partial charge in [-0.25, -0.2) is 0 Å². The predicted octanol–water partition coefficient (Wildman–Crippen LogP) is 1.27. The second-order valence-corrected chi connectivity index (χ2v) is 4.58. The van der Waals surface area contributed by atoms with Gasteiger partial charge in [0, 0.05) is 19.1 Å². The van der Waals surface area contributed by atoms with E-state index in [0.29, 0.717) is 36.2 Å². The van der Waals surface area contributed by atoms with Crippen molar-refractivity contribution in [2.24, 2.45) is 5.73 Å². The van der Waals surface area contributed by atoms with E-state index in [1.807, 2.05) is 4.90 Å². The maximum absolute atomic E-state index is 12.6. The predicted molar refractivity (Wildman–Crippen MR) is 72.7 cm³/mol. The number of nitrogens with two attached hydrogens (primary N) is 1. The highest BCUT2D eigenvalue weighted by Gasteiger charge is 2.33. The Balaban J connectivity index is 2.29. The minimum absolute atomic E-state index is 0.0382. The lowest BCUT2D eigenvalue weighted by molar-refractivity contribution is 0.0744. The van der Waals surface area contributed by atoms with Crippen LogP contribution in [-0.2, 0) is 0 Å². The third-order valence-corrected chi connectivity index (χ3v) is 3.26. The number of rotatable bonds is 6. The molecule has 2 rings (SSSR count). The van der Waals surface area contributed by atoms with Crippen molar-refractivity contribution in [2.45, 2.75) is 18.9 Å². The summed E-state index contributed by atoms with van der Waals surface area (Å²) in [7, 11) is 3.14. The van der Waals surface area contributed by atoms with E-state index in [-0.39, 0.29) is 5.91 Å². The summed E-state index contributed by atoms with van der Waals surface area (Å²) in [6.45, 7) is 1.04. The first-order valence-corrected chi connectivity index (χ1v) is 6.44. The number of ether oxygens (including phenoxy) is 2. The molecule has 0 aliphatic heterocycles. The van der Waals surface area contributed by atoms with Gasteiger partial charge in [-0.15, -0.1) is 0 Å². The van der Waals surface area contributed by atoms with Gasteiger partial charge in [0.05, 0.1) is 19.8 Å². The van der Waals surface area contributed by atoms with Gasteiger partial charge in [-0.2, -0.15) is 0 Å². The second-order valence-electron chi connectivity index (χ2n) is 4.58. The van der Waals surface area contributed by atoms with E-state index in [1.165, 1.54) is 0 Å². The molecular formula is C14H20N2O3. The van der Waals surface area contributed by atoms with Crippen LogP contribution in [0.25, 0.3) is 0 Å². The summed E-state index contributed by atoms with van der Waals surface area (Å²) < 4.78 is 10.4. The Morgan fingerprint density at radius 2 is 2.11 bits per heavy atom. The molecule has 0 unspecified atom stereocenters. The number of hydrogen-bond acceptors (Lipinski definition) is 4. The Hall–Kier alpha value is -1.75. The monoisotopic (exact) mass is 264 g/mol. The van der Waals surface area contributed by atoms with Crippen LogP contribution in [0.2, 0.25) is 0 Å². The minimum atomic E-state index is -0.0382. The standard InChI is InChI=1S/C14H20N2O3/c1-18-11-5-6-13(19-2)12(9-11)14(17)16(8-7-15)10-3-4-10/h5-6,9-10H,3-4,7-8,15H2,1-2H3. The molecule has 5 heteroatoms. The molecule has 0 heterocycles. The Kier molecular flexibility index (Phi) is 4.27. The molecule has 1 aromatic rings. The highest BCUT2D eigenvalue weighted by Crippen LogP contribution is 2.31. The summed E-state index contributed by atoms with van der Waals surface area (Å²) in [5, 5.41) is 0. The van der Waals surface area contributed by atoms with Crippen LogP contribution in [0.5, 0.6) is 11.5 Å². The number of amides is 1. The largest absolute Gasteiger partial charge is 0.497 e. The van der Waals surface area contributed by atoms with Crippen molar-refractivity contribution in [3.63, 3.8) is 0 Å². The first kappa shape index (κ1) is 13.7. The number of carbonyl (C=O) groups is 1. The highest BCUT2D eigenvalue weighted by molar-refractivity contribution is 5.97. The third kappa shape index (κ3) is 2.98. The number of carbonyl (C=O) groups excluding carboxylic acids is 1. The van der Waals surface area contributed by atoms with Gasteiger partial charge in [0.15, 0.2) is 0 Å². The minimum Gasteiger partial charge on any atom is -0.497 e. The summed E-state index contributed by atoms with van der Waals surface area (Å²) in [6.07, 6.45) is 2.11. The molecule has 2 N–H and O–H groups in total. The fraction of sp³-hybridized carbons (Fsp3) is 0.500. The van der Waals surface area contributed by atoms with Crippen molar-refractivity contribution in [3.8, 4) is 11.5 Å². The molecule has 0 saturated heterocycles. The van der Waals surface area contributed by atoms with Gasteiger partial charge >= 0.3 is 0 Å². The lowest BCUT2D eigenvalue weighted by Crippen LogP contribution is -2.37. The molecule has 0 radical (unpaired) electrons. The fourth-order valence-corrected chi connectivity index (χ4v) is 2.11.